The minimum Gasteiger partial charge on any atom is -0.379 e. The maximum Gasteiger partial charge on any atom is 0.112 e. The molecule has 108 valence electrons. The van der Waals surface area contributed by atoms with Crippen LogP contribution in [0.4, 0.5) is 5.69 Å². The van der Waals surface area contributed by atoms with E-state index in [2.05, 4.69) is 45.2 Å². The van der Waals surface area contributed by atoms with E-state index < -0.39 is 0 Å². The second-order valence-corrected chi connectivity index (χ2v) is 6.28. The molecule has 20 heavy (non-hydrogen) atoms. The van der Waals surface area contributed by atoms with Gasteiger partial charge in [0.05, 0.1) is 18.5 Å². The molecule has 0 aliphatic carbocycles. The molecule has 1 atom stereocenters. The van der Waals surface area contributed by atoms with Gasteiger partial charge >= 0.3 is 0 Å². The standard InChI is InChI=1S/C14H19BrN4O/c1-9(2)19-14-11(17-10-4-3-5-20-8-10)6-13(15)18-12(14)7-16-19/h6-7,9-10H,3-5,8H2,1-2H3,(H,17,18). The number of nitrogens with one attached hydrogen (secondary N) is 1. The van der Waals surface area contributed by atoms with Gasteiger partial charge in [-0.15, -0.1) is 0 Å². The first-order valence-corrected chi connectivity index (χ1v) is 7.82. The maximum absolute atomic E-state index is 5.54. The van der Waals surface area contributed by atoms with Gasteiger partial charge in [-0.05, 0) is 48.7 Å². The summed E-state index contributed by atoms with van der Waals surface area (Å²) in [5.74, 6) is 0. The van der Waals surface area contributed by atoms with Gasteiger partial charge in [-0.3, -0.25) is 4.68 Å². The Balaban J connectivity index is 2.00. The van der Waals surface area contributed by atoms with Crippen LogP contribution in [0.1, 0.15) is 32.7 Å². The molecule has 5 nitrogen and oxygen atoms in total. The number of pyridine rings is 1. The van der Waals surface area contributed by atoms with Crippen LogP contribution in [0, 0.1) is 0 Å². The van der Waals surface area contributed by atoms with Gasteiger partial charge in [0.25, 0.3) is 0 Å². The lowest BCUT2D eigenvalue weighted by Gasteiger charge is -2.25. The summed E-state index contributed by atoms with van der Waals surface area (Å²) in [4.78, 5) is 4.49. The summed E-state index contributed by atoms with van der Waals surface area (Å²) in [6.45, 7) is 5.89. The molecule has 3 heterocycles. The number of hydrogen-bond donors (Lipinski definition) is 1. The van der Waals surface area contributed by atoms with Crippen LogP contribution >= 0.6 is 15.9 Å². The van der Waals surface area contributed by atoms with Gasteiger partial charge in [-0.1, -0.05) is 0 Å². The molecule has 1 unspecified atom stereocenters. The Kier molecular flexibility index (Phi) is 3.94. The van der Waals surface area contributed by atoms with Gasteiger partial charge < -0.3 is 10.1 Å². The fourth-order valence-electron chi connectivity index (χ4n) is 2.61. The Morgan fingerprint density at radius 3 is 3.05 bits per heavy atom. The lowest BCUT2D eigenvalue weighted by Crippen LogP contribution is -2.30. The highest BCUT2D eigenvalue weighted by molar-refractivity contribution is 9.10. The van der Waals surface area contributed by atoms with Crippen molar-refractivity contribution in [3.8, 4) is 0 Å². The fourth-order valence-corrected chi connectivity index (χ4v) is 3.03. The normalized spacial score (nSPS) is 19.7. The molecule has 1 fully saturated rings. The molecule has 2 aromatic rings. The highest BCUT2D eigenvalue weighted by atomic mass is 79.9. The second-order valence-electron chi connectivity index (χ2n) is 5.47. The second kappa shape index (κ2) is 5.69. The van der Waals surface area contributed by atoms with Crippen molar-refractivity contribution in [1.29, 1.82) is 0 Å². The van der Waals surface area contributed by atoms with Crippen molar-refractivity contribution in [3.05, 3.63) is 16.9 Å². The molecule has 2 aromatic heterocycles. The molecule has 0 spiro atoms. The largest absolute Gasteiger partial charge is 0.379 e. The summed E-state index contributed by atoms with van der Waals surface area (Å²) in [6.07, 6.45) is 4.07. The van der Waals surface area contributed by atoms with E-state index in [1.807, 2.05) is 16.9 Å². The molecule has 0 saturated carbocycles. The monoisotopic (exact) mass is 338 g/mol. The lowest BCUT2D eigenvalue weighted by molar-refractivity contribution is 0.0876. The summed E-state index contributed by atoms with van der Waals surface area (Å²) in [6, 6.07) is 2.69. The van der Waals surface area contributed by atoms with Gasteiger partial charge in [0, 0.05) is 18.7 Å². The molecule has 0 aromatic carbocycles. The number of anilines is 1. The molecule has 1 N–H and O–H groups in total. The van der Waals surface area contributed by atoms with Gasteiger partial charge in [0.2, 0.25) is 0 Å². The predicted molar refractivity (Wildman–Crippen MR) is 83.1 cm³/mol. The van der Waals surface area contributed by atoms with Crippen LogP contribution in [0.2, 0.25) is 0 Å². The van der Waals surface area contributed by atoms with E-state index in [4.69, 9.17) is 4.74 Å². The Hall–Kier alpha value is -1.14. The van der Waals surface area contributed by atoms with Crippen molar-refractivity contribution < 1.29 is 4.74 Å². The third kappa shape index (κ3) is 2.67. The molecular formula is C14H19BrN4O. The highest BCUT2D eigenvalue weighted by Crippen LogP contribution is 2.29. The van der Waals surface area contributed by atoms with Crippen LogP contribution in [0.15, 0.2) is 16.9 Å². The third-order valence-electron chi connectivity index (χ3n) is 3.53. The molecule has 1 saturated heterocycles. The van der Waals surface area contributed by atoms with E-state index in [0.717, 1.165) is 47.4 Å². The summed E-state index contributed by atoms with van der Waals surface area (Å²) >= 11 is 3.47. The van der Waals surface area contributed by atoms with Crippen LogP contribution in [0.5, 0.6) is 0 Å². The summed E-state index contributed by atoms with van der Waals surface area (Å²) in [5, 5.41) is 8.04. The molecular weight excluding hydrogens is 320 g/mol. The van der Waals surface area contributed by atoms with E-state index in [1.165, 1.54) is 0 Å². The molecule has 0 radical (unpaired) electrons. The first-order valence-electron chi connectivity index (χ1n) is 7.03. The van der Waals surface area contributed by atoms with Crippen LogP contribution in [-0.4, -0.2) is 34.0 Å². The third-order valence-corrected chi connectivity index (χ3v) is 3.94. The highest BCUT2D eigenvalue weighted by Gasteiger charge is 2.18. The molecule has 1 aliphatic heterocycles. The molecule has 6 heteroatoms. The quantitative estimate of drug-likeness (QED) is 0.871. The Morgan fingerprint density at radius 1 is 1.50 bits per heavy atom. The minimum absolute atomic E-state index is 0.304. The Morgan fingerprint density at radius 2 is 2.35 bits per heavy atom. The topological polar surface area (TPSA) is 52.0 Å². The smallest absolute Gasteiger partial charge is 0.112 e. The summed E-state index contributed by atoms with van der Waals surface area (Å²) in [5.41, 5.74) is 3.05. The van der Waals surface area contributed by atoms with Gasteiger partial charge in [0.1, 0.15) is 15.6 Å². The lowest BCUT2D eigenvalue weighted by atomic mass is 10.1. The van der Waals surface area contributed by atoms with Crippen molar-refractivity contribution in [2.24, 2.45) is 0 Å². The zero-order valence-electron chi connectivity index (χ0n) is 11.8. The van der Waals surface area contributed by atoms with Crippen molar-refractivity contribution in [3.63, 3.8) is 0 Å². The van der Waals surface area contributed by atoms with Crippen LogP contribution < -0.4 is 5.32 Å². The summed E-state index contributed by atoms with van der Waals surface area (Å²) < 4.78 is 8.38. The van der Waals surface area contributed by atoms with E-state index in [9.17, 15) is 0 Å². The molecule has 0 bridgehead atoms. The number of fused-ring (bicyclic) bond motifs is 1. The zero-order chi connectivity index (χ0) is 14.1. The number of halogens is 1. The number of rotatable bonds is 3. The predicted octanol–water partition coefficient (Wildman–Crippen LogP) is 3.37. The van der Waals surface area contributed by atoms with Crippen LogP contribution in [0.3, 0.4) is 0 Å². The average Bonchev–Trinajstić information content (AvgIpc) is 2.83. The van der Waals surface area contributed by atoms with Crippen molar-refractivity contribution >= 4 is 32.7 Å². The van der Waals surface area contributed by atoms with Crippen LogP contribution in [0.25, 0.3) is 11.0 Å². The number of hydrogen-bond acceptors (Lipinski definition) is 4. The number of nitrogens with zero attached hydrogens (tertiary/aromatic N) is 3. The molecule has 1 aliphatic rings. The van der Waals surface area contributed by atoms with Gasteiger partial charge in [-0.2, -0.15) is 5.10 Å². The van der Waals surface area contributed by atoms with E-state index >= 15 is 0 Å². The number of aromatic nitrogens is 3. The molecule has 0 amide bonds. The van der Waals surface area contributed by atoms with Gasteiger partial charge in [-0.25, -0.2) is 4.98 Å². The van der Waals surface area contributed by atoms with Gasteiger partial charge in [0.15, 0.2) is 0 Å². The zero-order valence-corrected chi connectivity index (χ0v) is 13.4. The fraction of sp³-hybridized carbons (Fsp3) is 0.571. The van der Waals surface area contributed by atoms with E-state index in [-0.39, 0.29) is 0 Å². The Bertz CT molecular complexity index is 604. The van der Waals surface area contributed by atoms with Crippen LogP contribution in [-0.2, 0) is 4.74 Å². The number of ether oxygens (including phenoxy) is 1. The van der Waals surface area contributed by atoms with Crippen molar-refractivity contribution in [1.82, 2.24) is 14.8 Å². The average molecular weight is 339 g/mol. The van der Waals surface area contributed by atoms with Crippen molar-refractivity contribution in [2.75, 3.05) is 18.5 Å². The first kappa shape index (κ1) is 13.8. The Labute approximate surface area is 126 Å². The SMILES string of the molecule is CC(C)n1ncc2nc(Br)cc(NC3CCCOC3)c21. The minimum atomic E-state index is 0.304. The van der Waals surface area contributed by atoms with Crippen molar-refractivity contribution in [2.45, 2.75) is 38.8 Å². The van der Waals surface area contributed by atoms with E-state index in [0.29, 0.717) is 12.1 Å². The summed E-state index contributed by atoms with van der Waals surface area (Å²) in [7, 11) is 0. The molecule has 3 rings (SSSR count). The maximum atomic E-state index is 5.54. The van der Waals surface area contributed by atoms with E-state index in [1.54, 1.807) is 0 Å². The first-order chi connectivity index (χ1) is 9.65.